The second-order valence-electron chi connectivity index (χ2n) is 8.31. The molecule has 0 radical (unpaired) electrons. The number of nitrogens with one attached hydrogen (secondary N) is 4. The van der Waals surface area contributed by atoms with E-state index in [-0.39, 0.29) is 12.8 Å². The standard InChI is InChI=1S/C21H34N6O8/c1-4-10(2)17(21(34)35)27-19(32)14(7-12-8-23-9-24-12)26-18(31)13(5-6-15(29)30)25-20(33)16(22)11(3)28/h8-11,13-14,16-17,28H,4-7,22H2,1-3H3,(H,23,24)(H,25,33)(H,26,31)(H,27,32)(H,29,30)(H,34,35). The molecular formula is C21H34N6O8. The van der Waals surface area contributed by atoms with Crippen molar-refractivity contribution in [3.63, 3.8) is 0 Å². The van der Waals surface area contributed by atoms with E-state index >= 15 is 0 Å². The highest BCUT2D eigenvalue weighted by Gasteiger charge is 2.32. The molecule has 0 aliphatic rings. The van der Waals surface area contributed by atoms with Gasteiger partial charge in [0.05, 0.1) is 12.4 Å². The molecule has 0 saturated heterocycles. The molecule has 1 rings (SSSR count). The van der Waals surface area contributed by atoms with Gasteiger partial charge in [-0.05, 0) is 19.3 Å². The molecule has 0 spiro atoms. The van der Waals surface area contributed by atoms with Gasteiger partial charge < -0.3 is 42.0 Å². The van der Waals surface area contributed by atoms with Crippen molar-refractivity contribution in [1.82, 2.24) is 25.9 Å². The molecule has 0 aromatic carbocycles. The maximum absolute atomic E-state index is 13.0. The number of nitrogens with two attached hydrogens (primary N) is 1. The Morgan fingerprint density at radius 2 is 1.63 bits per heavy atom. The number of carbonyl (C=O) groups is 5. The second-order valence-corrected chi connectivity index (χ2v) is 8.31. The summed E-state index contributed by atoms with van der Waals surface area (Å²) in [5.41, 5.74) is 6.05. The number of carboxylic acid groups (broad SMARTS) is 2. The number of imidazole rings is 1. The molecule has 0 bridgehead atoms. The molecule has 0 saturated carbocycles. The summed E-state index contributed by atoms with van der Waals surface area (Å²) in [6.07, 6.45) is 1.14. The number of amides is 3. The fraction of sp³-hybridized carbons (Fsp3) is 0.619. The van der Waals surface area contributed by atoms with Gasteiger partial charge in [-0.3, -0.25) is 19.2 Å². The van der Waals surface area contributed by atoms with Crippen molar-refractivity contribution < 1.29 is 39.3 Å². The molecule has 3 amide bonds. The predicted molar refractivity (Wildman–Crippen MR) is 122 cm³/mol. The largest absolute Gasteiger partial charge is 0.481 e. The number of H-pyrrole nitrogens is 1. The first-order chi connectivity index (χ1) is 16.4. The van der Waals surface area contributed by atoms with Gasteiger partial charge in [-0.25, -0.2) is 9.78 Å². The highest BCUT2D eigenvalue weighted by Crippen LogP contribution is 2.10. The van der Waals surface area contributed by atoms with Crippen LogP contribution in [0.1, 0.15) is 45.7 Å². The summed E-state index contributed by atoms with van der Waals surface area (Å²) in [5.74, 6) is -5.41. The topological polar surface area (TPSA) is 237 Å². The molecule has 0 aliphatic carbocycles. The van der Waals surface area contributed by atoms with Crippen LogP contribution in [0.5, 0.6) is 0 Å². The van der Waals surface area contributed by atoms with Crippen molar-refractivity contribution in [2.45, 2.75) is 76.7 Å². The van der Waals surface area contributed by atoms with Crippen LogP contribution >= 0.6 is 0 Å². The fourth-order valence-corrected chi connectivity index (χ4v) is 3.06. The van der Waals surface area contributed by atoms with Crippen molar-refractivity contribution in [2.24, 2.45) is 11.7 Å². The molecule has 1 aromatic heterocycles. The Balaban J connectivity index is 3.12. The number of nitrogens with zero attached hydrogens (tertiary/aromatic N) is 1. The van der Waals surface area contributed by atoms with Gasteiger partial charge in [-0.2, -0.15) is 0 Å². The van der Waals surface area contributed by atoms with Gasteiger partial charge in [0.2, 0.25) is 17.7 Å². The van der Waals surface area contributed by atoms with Gasteiger partial charge in [0.15, 0.2) is 0 Å². The van der Waals surface area contributed by atoms with E-state index in [0.29, 0.717) is 12.1 Å². The predicted octanol–water partition coefficient (Wildman–Crippen LogP) is -1.89. The summed E-state index contributed by atoms with van der Waals surface area (Å²) < 4.78 is 0. The average Bonchev–Trinajstić information content (AvgIpc) is 3.30. The number of aliphatic hydroxyl groups is 1. The number of hydrogen-bond donors (Lipinski definition) is 8. The molecule has 196 valence electrons. The first kappa shape index (κ1) is 29.5. The van der Waals surface area contributed by atoms with Gasteiger partial charge in [0, 0.05) is 24.7 Å². The number of aromatic amines is 1. The van der Waals surface area contributed by atoms with E-state index in [1.54, 1.807) is 13.8 Å². The zero-order chi connectivity index (χ0) is 26.7. The van der Waals surface area contributed by atoms with Crippen LogP contribution in [0.15, 0.2) is 12.5 Å². The van der Waals surface area contributed by atoms with E-state index < -0.39 is 72.3 Å². The van der Waals surface area contributed by atoms with Crippen LogP contribution < -0.4 is 21.7 Å². The van der Waals surface area contributed by atoms with E-state index in [4.69, 9.17) is 10.8 Å². The van der Waals surface area contributed by atoms with Crippen LogP contribution in [0.4, 0.5) is 0 Å². The zero-order valence-electron chi connectivity index (χ0n) is 19.9. The third-order valence-corrected chi connectivity index (χ3v) is 5.49. The molecule has 6 unspecified atom stereocenters. The lowest BCUT2D eigenvalue weighted by Crippen LogP contribution is -2.59. The first-order valence-corrected chi connectivity index (χ1v) is 11.1. The van der Waals surface area contributed by atoms with Crippen LogP contribution in [-0.2, 0) is 30.4 Å². The van der Waals surface area contributed by atoms with E-state index in [1.165, 1.54) is 19.4 Å². The van der Waals surface area contributed by atoms with Crippen LogP contribution in [0.25, 0.3) is 0 Å². The van der Waals surface area contributed by atoms with Crippen molar-refractivity contribution in [3.8, 4) is 0 Å². The van der Waals surface area contributed by atoms with Crippen molar-refractivity contribution >= 4 is 29.7 Å². The molecule has 14 heteroatoms. The van der Waals surface area contributed by atoms with E-state index in [1.807, 2.05) is 0 Å². The third-order valence-electron chi connectivity index (χ3n) is 5.49. The Kier molecular flexibility index (Phi) is 11.8. The summed E-state index contributed by atoms with van der Waals surface area (Å²) in [4.78, 5) is 67.6. The summed E-state index contributed by atoms with van der Waals surface area (Å²) in [5, 5.41) is 35.2. The molecule has 0 aliphatic heterocycles. The molecule has 14 nitrogen and oxygen atoms in total. The summed E-state index contributed by atoms with van der Waals surface area (Å²) in [7, 11) is 0. The number of carboxylic acids is 2. The number of aromatic nitrogens is 2. The Morgan fingerprint density at radius 3 is 2.11 bits per heavy atom. The normalized spacial score (nSPS) is 16.1. The summed E-state index contributed by atoms with van der Waals surface area (Å²) >= 11 is 0. The number of hydrogen-bond acceptors (Lipinski definition) is 8. The minimum Gasteiger partial charge on any atom is -0.481 e. The zero-order valence-corrected chi connectivity index (χ0v) is 19.9. The molecule has 0 fully saturated rings. The maximum Gasteiger partial charge on any atom is 0.326 e. The molecule has 1 heterocycles. The smallest absolute Gasteiger partial charge is 0.326 e. The lowest BCUT2D eigenvalue weighted by atomic mass is 9.98. The molecule has 6 atom stereocenters. The SMILES string of the molecule is CCC(C)C(NC(=O)C(Cc1cnc[nH]1)NC(=O)C(CCC(=O)O)NC(=O)C(N)C(C)O)C(=O)O. The Labute approximate surface area is 202 Å². The second kappa shape index (κ2) is 14.0. The van der Waals surface area contributed by atoms with Gasteiger partial charge in [-0.1, -0.05) is 20.3 Å². The van der Waals surface area contributed by atoms with Gasteiger partial charge in [0.25, 0.3) is 0 Å². The minimum atomic E-state index is -1.38. The van der Waals surface area contributed by atoms with E-state index in [9.17, 15) is 34.2 Å². The maximum atomic E-state index is 13.0. The minimum absolute atomic E-state index is 0.0861. The molecule has 1 aromatic rings. The first-order valence-electron chi connectivity index (χ1n) is 11.1. The lowest BCUT2D eigenvalue weighted by Gasteiger charge is -2.26. The highest BCUT2D eigenvalue weighted by molar-refractivity contribution is 5.94. The Hall–Kier alpha value is -3.52. The summed E-state index contributed by atoms with van der Waals surface area (Å²) in [6, 6.07) is -5.24. The van der Waals surface area contributed by atoms with E-state index in [0.717, 1.165) is 0 Å². The Bertz CT molecular complexity index is 875. The highest BCUT2D eigenvalue weighted by atomic mass is 16.4. The van der Waals surface area contributed by atoms with Crippen molar-refractivity contribution in [2.75, 3.05) is 0 Å². The number of aliphatic hydroxyl groups excluding tert-OH is 1. The number of carbonyl (C=O) groups excluding carboxylic acids is 3. The van der Waals surface area contributed by atoms with Gasteiger partial charge >= 0.3 is 11.9 Å². The van der Waals surface area contributed by atoms with Crippen molar-refractivity contribution in [1.29, 1.82) is 0 Å². The van der Waals surface area contributed by atoms with Crippen molar-refractivity contribution in [3.05, 3.63) is 18.2 Å². The summed E-state index contributed by atoms with van der Waals surface area (Å²) in [6.45, 7) is 4.70. The quantitative estimate of drug-likeness (QED) is 0.134. The third kappa shape index (κ3) is 9.70. The van der Waals surface area contributed by atoms with Crippen LogP contribution in [0.3, 0.4) is 0 Å². The lowest BCUT2D eigenvalue weighted by molar-refractivity contribution is -0.143. The van der Waals surface area contributed by atoms with Crippen LogP contribution in [0, 0.1) is 5.92 Å². The Morgan fingerprint density at radius 1 is 1.03 bits per heavy atom. The van der Waals surface area contributed by atoms with E-state index in [2.05, 4.69) is 25.9 Å². The van der Waals surface area contributed by atoms with Gasteiger partial charge in [0.1, 0.15) is 24.2 Å². The molecular weight excluding hydrogens is 464 g/mol. The number of aliphatic carboxylic acids is 2. The molecule has 35 heavy (non-hydrogen) atoms. The number of rotatable bonds is 15. The van der Waals surface area contributed by atoms with Crippen LogP contribution in [-0.4, -0.2) is 85.2 Å². The molecule has 9 N–H and O–H groups in total. The monoisotopic (exact) mass is 498 g/mol. The fourth-order valence-electron chi connectivity index (χ4n) is 3.06. The van der Waals surface area contributed by atoms with Gasteiger partial charge in [-0.15, -0.1) is 0 Å². The van der Waals surface area contributed by atoms with Crippen LogP contribution in [0.2, 0.25) is 0 Å². The average molecular weight is 499 g/mol.